The van der Waals surface area contributed by atoms with E-state index in [2.05, 4.69) is 29.2 Å². The maximum atomic E-state index is 13.0. The van der Waals surface area contributed by atoms with E-state index in [-0.39, 0.29) is 11.8 Å². The third kappa shape index (κ3) is 4.01. The minimum Gasteiger partial charge on any atom is -0.338 e. The van der Waals surface area contributed by atoms with Crippen LogP contribution in [0.1, 0.15) is 41.4 Å². The third-order valence-electron chi connectivity index (χ3n) is 6.14. The van der Waals surface area contributed by atoms with Gasteiger partial charge in [0, 0.05) is 44.3 Å². The highest BCUT2D eigenvalue weighted by Crippen LogP contribution is 2.28. The molecule has 9 nitrogen and oxygen atoms in total. The van der Waals surface area contributed by atoms with E-state index in [4.69, 9.17) is 0 Å². The fraction of sp³-hybridized carbons (Fsp3) is 0.632. The predicted molar refractivity (Wildman–Crippen MR) is 109 cm³/mol. The molecule has 1 atom stereocenters. The van der Waals surface area contributed by atoms with Crippen molar-refractivity contribution in [1.82, 2.24) is 28.7 Å². The van der Waals surface area contributed by atoms with E-state index in [9.17, 15) is 13.2 Å². The van der Waals surface area contributed by atoms with E-state index in [1.165, 1.54) is 10.6 Å². The Kier molecular flexibility index (Phi) is 5.34. The molecule has 2 aromatic rings. The molecule has 0 radical (unpaired) electrons. The third-order valence-corrected chi connectivity index (χ3v) is 7.41. The van der Waals surface area contributed by atoms with Crippen LogP contribution >= 0.6 is 0 Å². The fourth-order valence-electron chi connectivity index (χ4n) is 4.32. The van der Waals surface area contributed by atoms with Gasteiger partial charge in [-0.3, -0.25) is 9.20 Å². The molecule has 2 saturated heterocycles. The largest absolute Gasteiger partial charge is 0.338 e. The van der Waals surface area contributed by atoms with Crippen molar-refractivity contribution in [2.45, 2.75) is 31.2 Å². The van der Waals surface area contributed by atoms with Gasteiger partial charge < -0.3 is 9.80 Å². The van der Waals surface area contributed by atoms with Crippen LogP contribution in [0.5, 0.6) is 0 Å². The molecule has 0 aliphatic carbocycles. The number of amides is 1. The van der Waals surface area contributed by atoms with Crippen LogP contribution in [0.3, 0.4) is 0 Å². The minimum absolute atomic E-state index is 0.0212. The molecule has 4 rings (SSSR count). The van der Waals surface area contributed by atoms with E-state index >= 15 is 0 Å². The van der Waals surface area contributed by atoms with Crippen LogP contribution in [0.15, 0.2) is 18.3 Å². The monoisotopic (exact) mass is 420 g/mol. The lowest BCUT2D eigenvalue weighted by molar-refractivity contribution is 0.0663. The minimum atomic E-state index is -3.22. The highest BCUT2D eigenvalue weighted by Gasteiger charge is 2.32. The normalized spacial score (nSPS) is 22.1. The second kappa shape index (κ2) is 7.66. The number of likely N-dealkylation sites (tertiary alicyclic amines) is 1. The first-order chi connectivity index (χ1) is 13.7. The molecule has 0 bridgehead atoms. The summed E-state index contributed by atoms with van der Waals surface area (Å²) in [5.74, 6) is 0.709. The van der Waals surface area contributed by atoms with Crippen molar-refractivity contribution in [2.24, 2.45) is 0 Å². The van der Waals surface area contributed by atoms with E-state index in [0.29, 0.717) is 42.6 Å². The first-order valence-electron chi connectivity index (χ1n) is 9.99. The van der Waals surface area contributed by atoms with Crippen LogP contribution in [-0.2, 0) is 10.0 Å². The zero-order valence-electron chi connectivity index (χ0n) is 17.2. The number of pyridine rings is 1. The highest BCUT2D eigenvalue weighted by molar-refractivity contribution is 7.88. The molecule has 2 aliphatic rings. The number of hydrogen-bond donors (Lipinski definition) is 0. The number of carbonyl (C=O) groups is 1. The standard InChI is InChI=1S/C19H28N6O3S/c1-22(2)16-7-9-23(10-8-16)19(26)15-4-5-17-20-21-18(25(17)13-15)14-6-11-24(12-14)29(3,27)28/h4-5,13-14,16H,6-12H2,1-3H3/t14-/m0/s1. The second-order valence-corrected chi connectivity index (χ2v) is 10.3. The van der Waals surface area contributed by atoms with Crippen molar-refractivity contribution in [3.8, 4) is 0 Å². The molecule has 10 heteroatoms. The second-order valence-electron chi connectivity index (χ2n) is 8.30. The predicted octanol–water partition coefficient (Wildman–Crippen LogP) is 0.644. The smallest absolute Gasteiger partial charge is 0.255 e. The Balaban J connectivity index is 1.54. The molecule has 2 aromatic heterocycles. The number of hydrogen-bond acceptors (Lipinski definition) is 6. The van der Waals surface area contributed by atoms with Crippen LogP contribution in [-0.4, -0.2) is 95.6 Å². The summed E-state index contributed by atoms with van der Waals surface area (Å²) in [4.78, 5) is 17.2. The summed E-state index contributed by atoms with van der Waals surface area (Å²) in [6.45, 7) is 2.38. The lowest BCUT2D eigenvalue weighted by Gasteiger charge is -2.35. The maximum Gasteiger partial charge on any atom is 0.255 e. The fourth-order valence-corrected chi connectivity index (χ4v) is 5.21. The van der Waals surface area contributed by atoms with Crippen LogP contribution in [0.2, 0.25) is 0 Å². The lowest BCUT2D eigenvalue weighted by atomic mass is 10.0. The molecule has 2 fully saturated rings. The number of piperidine rings is 1. The SMILES string of the molecule is CN(C)C1CCN(C(=O)c2ccc3nnc([C@H]4CCN(S(C)(=O)=O)C4)n3c2)CC1. The molecule has 158 valence electrons. The van der Waals surface area contributed by atoms with Crippen molar-refractivity contribution in [3.63, 3.8) is 0 Å². The van der Waals surface area contributed by atoms with Gasteiger partial charge in [0.25, 0.3) is 5.91 Å². The van der Waals surface area contributed by atoms with Crippen molar-refractivity contribution in [2.75, 3.05) is 46.5 Å². The number of nitrogens with zero attached hydrogens (tertiary/aromatic N) is 6. The average molecular weight is 421 g/mol. The van der Waals surface area contributed by atoms with Crippen LogP contribution in [0.25, 0.3) is 5.65 Å². The summed E-state index contributed by atoms with van der Waals surface area (Å²) < 4.78 is 27.0. The van der Waals surface area contributed by atoms with Gasteiger partial charge in [-0.15, -0.1) is 10.2 Å². The topological polar surface area (TPSA) is 91.1 Å². The first kappa shape index (κ1) is 20.2. The van der Waals surface area contributed by atoms with E-state index < -0.39 is 10.0 Å². The summed E-state index contributed by atoms with van der Waals surface area (Å²) in [6, 6.07) is 4.12. The number of sulfonamides is 1. The molecule has 1 amide bonds. The number of rotatable bonds is 4. The van der Waals surface area contributed by atoms with Gasteiger partial charge in [0.2, 0.25) is 10.0 Å². The molecule has 0 aromatic carbocycles. The van der Waals surface area contributed by atoms with Crippen LogP contribution in [0.4, 0.5) is 0 Å². The Bertz CT molecular complexity index is 1010. The summed E-state index contributed by atoms with van der Waals surface area (Å²) in [5, 5.41) is 8.50. The zero-order chi connectivity index (χ0) is 20.8. The molecule has 0 N–H and O–H groups in total. The molecule has 0 unspecified atom stereocenters. The van der Waals surface area contributed by atoms with Gasteiger partial charge in [0.15, 0.2) is 5.65 Å². The molecule has 2 aliphatic heterocycles. The zero-order valence-corrected chi connectivity index (χ0v) is 18.0. The number of aromatic nitrogens is 3. The van der Waals surface area contributed by atoms with E-state index in [0.717, 1.165) is 25.9 Å². The van der Waals surface area contributed by atoms with Crippen molar-refractivity contribution < 1.29 is 13.2 Å². The summed E-state index contributed by atoms with van der Waals surface area (Å²) >= 11 is 0. The molecule has 29 heavy (non-hydrogen) atoms. The van der Waals surface area contributed by atoms with Crippen molar-refractivity contribution in [3.05, 3.63) is 29.7 Å². The van der Waals surface area contributed by atoms with E-state index in [1.54, 1.807) is 18.3 Å². The summed E-state index contributed by atoms with van der Waals surface area (Å²) in [5.41, 5.74) is 1.28. The quantitative estimate of drug-likeness (QED) is 0.721. The van der Waals surface area contributed by atoms with Gasteiger partial charge in [-0.1, -0.05) is 0 Å². The van der Waals surface area contributed by atoms with Crippen LogP contribution in [0, 0.1) is 0 Å². The van der Waals surface area contributed by atoms with Gasteiger partial charge in [-0.2, -0.15) is 0 Å². The van der Waals surface area contributed by atoms with Gasteiger partial charge in [0.05, 0.1) is 11.8 Å². The summed E-state index contributed by atoms with van der Waals surface area (Å²) in [6.07, 6.45) is 5.68. The Morgan fingerprint density at radius 2 is 1.83 bits per heavy atom. The Labute approximate surface area is 171 Å². The number of carbonyl (C=O) groups excluding carboxylic acids is 1. The van der Waals surface area contributed by atoms with Gasteiger partial charge >= 0.3 is 0 Å². The van der Waals surface area contributed by atoms with Crippen molar-refractivity contribution >= 4 is 21.6 Å². The maximum absolute atomic E-state index is 13.0. The number of fused-ring (bicyclic) bond motifs is 1. The van der Waals surface area contributed by atoms with Gasteiger partial charge in [-0.25, -0.2) is 12.7 Å². The highest BCUT2D eigenvalue weighted by atomic mass is 32.2. The Hall–Kier alpha value is -2.04. The van der Waals surface area contributed by atoms with Gasteiger partial charge in [-0.05, 0) is 45.5 Å². The summed E-state index contributed by atoms with van der Waals surface area (Å²) in [7, 11) is 0.947. The Morgan fingerprint density at radius 3 is 2.45 bits per heavy atom. The Morgan fingerprint density at radius 1 is 1.10 bits per heavy atom. The van der Waals surface area contributed by atoms with Gasteiger partial charge in [0.1, 0.15) is 5.82 Å². The lowest BCUT2D eigenvalue weighted by Crippen LogP contribution is -2.44. The van der Waals surface area contributed by atoms with Crippen LogP contribution < -0.4 is 0 Å². The van der Waals surface area contributed by atoms with E-state index in [1.807, 2.05) is 9.30 Å². The molecular formula is C19H28N6O3S. The molecule has 0 saturated carbocycles. The molecular weight excluding hydrogens is 392 g/mol. The molecule has 0 spiro atoms. The molecule has 4 heterocycles. The van der Waals surface area contributed by atoms with Crippen molar-refractivity contribution in [1.29, 1.82) is 0 Å². The first-order valence-corrected chi connectivity index (χ1v) is 11.8. The average Bonchev–Trinajstić information content (AvgIpc) is 3.33.